The van der Waals surface area contributed by atoms with Crippen molar-refractivity contribution in [2.75, 3.05) is 0 Å². The third kappa shape index (κ3) is 2.75. The van der Waals surface area contributed by atoms with E-state index >= 15 is 0 Å². The van der Waals surface area contributed by atoms with Gasteiger partial charge < -0.3 is 9.47 Å². The first-order valence-corrected chi connectivity index (χ1v) is 7.99. The lowest BCUT2D eigenvalue weighted by Crippen LogP contribution is -2.62. The number of ether oxygens (including phenoxy) is 2. The highest BCUT2D eigenvalue weighted by atomic mass is 16.7. The summed E-state index contributed by atoms with van der Waals surface area (Å²) in [6.45, 7) is 8.56. The van der Waals surface area contributed by atoms with Gasteiger partial charge in [0.15, 0.2) is 5.78 Å². The van der Waals surface area contributed by atoms with Gasteiger partial charge in [-0.1, -0.05) is 50.3 Å². The molecule has 5 nitrogen and oxygen atoms in total. The second-order valence-corrected chi connectivity index (χ2v) is 6.17. The van der Waals surface area contributed by atoms with E-state index in [4.69, 9.17) is 9.47 Å². The third-order valence-electron chi connectivity index (χ3n) is 4.50. The fraction of sp³-hybridized carbons (Fsp3) is 0.421. The Morgan fingerprint density at radius 3 is 2.38 bits per heavy atom. The summed E-state index contributed by atoms with van der Waals surface area (Å²) in [4.78, 5) is 38.1. The van der Waals surface area contributed by atoms with Gasteiger partial charge in [0, 0.05) is 17.9 Å². The molecular weight excluding hydrogens is 308 g/mol. The second kappa shape index (κ2) is 6.59. The second-order valence-electron chi connectivity index (χ2n) is 6.17. The third-order valence-corrected chi connectivity index (χ3v) is 4.50. The average molecular weight is 330 g/mol. The molecule has 0 unspecified atom stereocenters. The van der Waals surface area contributed by atoms with Gasteiger partial charge in [-0.05, 0) is 13.3 Å². The lowest BCUT2D eigenvalue weighted by Gasteiger charge is -2.41. The molecular formula is C19H22O5. The fourth-order valence-electron chi connectivity index (χ4n) is 2.70. The molecule has 0 N–H and O–H groups in total. The van der Waals surface area contributed by atoms with Gasteiger partial charge in [0.25, 0.3) is 5.60 Å². The van der Waals surface area contributed by atoms with Gasteiger partial charge in [-0.25, -0.2) is 9.59 Å². The summed E-state index contributed by atoms with van der Waals surface area (Å²) < 4.78 is 10.9. The van der Waals surface area contributed by atoms with Gasteiger partial charge in [0.2, 0.25) is 5.60 Å². The maximum atomic E-state index is 12.7. The fourth-order valence-corrected chi connectivity index (χ4v) is 2.70. The van der Waals surface area contributed by atoms with Gasteiger partial charge in [-0.2, -0.15) is 0 Å². The van der Waals surface area contributed by atoms with Gasteiger partial charge in [0.1, 0.15) is 0 Å². The van der Waals surface area contributed by atoms with Crippen LogP contribution in [-0.4, -0.2) is 23.3 Å². The first-order valence-electron chi connectivity index (χ1n) is 7.99. The number of Topliss-reactive ketones (excluding diaryl/α,β-unsaturated/α-hetero) is 1. The molecule has 1 aliphatic heterocycles. The van der Waals surface area contributed by atoms with Crippen molar-refractivity contribution in [3.63, 3.8) is 0 Å². The maximum Gasteiger partial charge on any atom is 0.360 e. The molecule has 1 saturated heterocycles. The Morgan fingerprint density at radius 2 is 1.83 bits per heavy atom. The lowest BCUT2D eigenvalue weighted by molar-refractivity contribution is -0.226. The number of hydrogen-bond acceptors (Lipinski definition) is 5. The summed E-state index contributed by atoms with van der Waals surface area (Å²) in [6, 6.07) is 8.60. The summed E-state index contributed by atoms with van der Waals surface area (Å²) >= 11 is 0. The van der Waals surface area contributed by atoms with Crippen LogP contribution in [0.4, 0.5) is 0 Å². The van der Waals surface area contributed by atoms with E-state index in [1.807, 2.05) is 6.92 Å². The van der Waals surface area contributed by atoms with Crippen molar-refractivity contribution in [2.45, 2.75) is 44.8 Å². The van der Waals surface area contributed by atoms with Crippen LogP contribution in [0.15, 0.2) is 43.0 Å². The van der Waals surface area contributed by atoms with Crippen LogP contribution < -0.4 is 0 Å². The molecule has 1 fully saturated rings. The minimum absolute atomic E-state index is 0.106. The Morgan fingerprint density at radius 1 is 1.21 bits per heavy atom. The highest BCUT2D eigenvalue weighted by Gasteiger charge is 2.60. The summed E-state index contributed by atoms with van der Waals surface area (Å²) in [5.41, 5.74) is -3.02. The monoisotopic (exact) mass is 330 g/mol. The topological polar surface area (TPSA) is 69.7 Å². The minimum atomic E-state index is -1.94. The molecule has 0 aromatic heterocycles. The Bertz CT molecular complexity index is 666. The maximum absolute atomic E-state index is 12.7. The van der Waals surface area contributed by atoms with E-state index in [-0.39, 0.29) is 6.42 Å². The molecule has 0 aliphatic carbocycles. The van der Waals surface area contributed by atoms with E-state index in [2.05, 4.69) is 6.58 Å². The largest absolute Gasteiger partial charge is 0.439 e. The van der Waals surface area contributed by atoms with Gasteiger partial charge in [-0.3, -0.25) is 4.79 Å². The zero-order chi connectivity index (χ0) is 18.0. The summed E-state index contributed by atoms with van der Waals surface area (Å²) in [5.74, 6) is -2.50. The Balaban J connectivity index is 2.44. The van der Waals surface area contributed by atoms with Crippen LogP contribution in [0.3, 0.4) is 0 Å². The number of hydrogen-bond donors (Lipinski definition) is 0. The quantitative estimate of drug-likeness (QED) is 0.456. The van der Waals surface area contributed by atoms with Crippen LogP contribution in [0.2, 0.25) is 0 Å². The van der Waals surface area contributed by atoms with Crippen LogP contribution in [0.25, 0.3) is 0 Å². The lowest BCUT2D eigenvalue weighted by atomic mass is 9.83. The highest BCUT2D eigenvalue weighted by molar-refractivity contribution is 6.12. The first-order chi connectivity index (χ1) is 11.3. The SMILES string of the molecule is C=CC[C@]1(C(=O)[C@@H](C)CC)OC(=O)[C@](C)(c2ccccc2)OC1=O. The van der Waals surface area contributed by atoms with Crippen molar-refractivity contribution < 1.29 is 23.9 Å². The van der Waals surface area contributed by atoms with Crippen LogP contribution >= 0.6 is 0 Å². The number of cyclic esters (lactones) is 2. The van der Waals surface area contributed by atoms with E-state index in [1.54, 1.807) is 37.3 Å². The van der Waals surface area contributed by atoms with E-state index < -0.39 is 34.8 Å². The molecule has 3 atom stereocenters. The van der Waals surface area contributed by atoms with E-state index in [0.717, 1.165) is 0 Å². The molecule has 0 radical (unpaired) electrons. The Kier molecular flexibility index (Phi) is 4.92. The summed E-state index contributed by atoms with van der Waals surface area (Å²) in [5, 5.41) is 0. The number of rotatable bonds is 6. The van der Waals surface area contributed by atoms with Gasteiger partial charge in [-0.15, -0.1) is 6.58 Å². The number of carbonyl (C=O) groups is 3. The molecule has 1 heterocycles. The molecule has 128 valence electrons. The van der Waals surface area contributed by atoms with Crippen molar-refractivity contribution >= 4 is 17.7 Å². The molecule has 0 amide bonds. The number of carbonyl (C=O) groups excluding carboxylic acids is 3. The zero-order valence-corrected chi connectivity index (χ0v) is 14.2. The minimum Gasteiger partial charge on any atom is -0.439 e. The van der Waals surface area contributed by atoms with E-state index in [0.29, 0.717) is 12.0 Å². The van der Waals surface area contributed by atoms with Crippen molar-refractivity contribution in [3.8, 4) is 0 Å². The predicted molar refractivity (Wildman–Crippen MR) is 88.0 cm³/mol. The van der Waals surface area contributed by atoms with Gasteiger partial charge in [0.05, 0.1) is 0 Å². The average Bonchev–Trinajstić information content (AvgIpc) is 2.59. The predicted octanol–water partition coefficient (Wildman–Crippen LogP) is 2.93. The Labute approximate surface area is 141 Å². The van der Waals surface area contributed by atoms with Crippen molar-refractivity contribution in [3.05, 3.63) is 48.6 Å². The van der Waals surface area contributed by atoms with Crippen molar-refractivity contribution in [1.29, 1.82) is 0 Å². The first kappa shape index (κ1) is 17.9. The zero-order valence-electron chi connectivity index (χ0n) is 14.2. The van der Waals surface area contributed by atoms with Crippen molar-refractivity contribution in [1.82, 2.24) is 0 Å². The number of ketones is 1. The Hall–Kier alpha value is -2.43. The standard InChI is InChI=1S/C19H22O5/c1-5-12-19(15(20)13(3)6-2)17(22)23-18(4,16(21)24-19)14-10-8-7-9-11-14/h5,7-11,13H,1,6,12H2,2-4H3/t13-,18-,19+/m0/s1. The van der Waals surface area contributed by atoms with E-state index in [9.17, 15) is 14.4 Å². The highest BCUT2D eigenvalue weighted by Crippen LogP contribution is 2.39. The number of benzene rings is 1. The van der Waals surface area contributed by atoms with Crippen LogP contribution in [0.5, 0.6) is 0 Å². The summed E-state index contributed by atoms with van der Waals surface area (Å²) in [6.07, 6.45) is 1.81. The van der Waals surface area contributed by atoms with E-state index in [1.165, 1.54) is 13.0 Å². The number of esters is 2. The molecule has 0 spiro atoms. The molecule has 5 heteroatoms. The van der Waals surface area contributed by atoms with Crippen LogP contribution in [-0.2, 0) is 29.5 Å². The summed E-state index contributed by atoms with van der Waals surface area (Å²) in [7, 11) is 0. The molecule has 1 aromatic rings. The molecule has 24 heavy (non-hydrogen) atoms. The van der Waals surface area contributed by atoms with Crippen molar-refractivity contribution in [2.24, 2.45) is 5.92 Å². The molecule has 1 aliphatic rings. The van der Waals surface area contributed by atoms with Gasteiger partial charge >= 0.3 is 11.9 Å². The molecule has 0 bridgehead atoms. The molecule has 1 aromatic carbocycles. The van der Waals surface area contributed by atoms with Crippen LogP contribution in [0.1, 0.15) is 39.2 Å². The molecule has 2 rings (SSSR count). The normalized spacial score (nSPS) is 27.8. The molecule has 0 saturated carbocycles. The van der Waals surface area contributed by atoms with Crippen LogP contribution in [0, 0.1) is 5.92 Å². The smallest absolute Gasteiger partial charge is 0.360 e.